The van der Waals surface area contributed by atoms with Crippen LogP contribution in [0.4, 0.5) is 0 Å². The van der Waals surface area contributed by atoms with Crippen LogP contribution in [-0.2, 0) is 11.3 Å². The molecule has 6 nitrogen and oxygen atoms in total. The van der Waals surface area contributed by atoms with Crippen molar-refractivity contribution in [3.8, 4) is 0 Å². The summed E-state index contributed by atoms with van der Waals surface area (Å²) in [5.41, 5.74) is 6.85. The Labute approximate surface area is 126 Å². The number of aromatic nitrogens is 1. The van der Waals surface area contributed by atoms with E-state index in [0.29, 0.717) is 6.54 Å². The topological polar surface area (TPSA) is 75.6 Å². The van der Waals surface area contributed by atoms with E-state index in [2.05, 4.69) is 9.88 Å². The predicted molar refractivity (Wildman–Crippen MR) is 80.7 cm³/mol. The monoisotopic (exact) mass is 294 g/mol. The number of rotatable bonds is 5. The van der Waals surface area contributed by atoms with Crippen molar-refractivity contribution < 1.29 is 9.21 Å². The van der Waals surface area contributed by atoms with Gasteiger partial charge in [0.15, 0.2) is 0 Å². The van der Waals surface area contributed by atoms with Crippen LogP contribution in [0.15, 0.2) is 4.42 Å². The van der Waals surface area contributed by atoms with E-state index < -0.39 is 0 Å². The molecule has 1 aliphatic rings. The summed E-state index contributed by atoms with van der Waals surface area (Å²) < 4.78 is 5.61. The molecule has 1 fully saturated rings. The Balaban J connectivity index is 1.81. The van der Waals surface area contributed by atoms with Gasteiger partial charge in [-0.05, 0) is 20.3 Å². The number of oxazole rings is 1. The maximum atomic E-state index is 12.2. The molecule has 118 valence electrons. The van der Waals surface area contributed by atoms with Gasteiger partial charge in [-0.2, -0.15) is 0 Å². The molecule has 2 heterocycles. The standard InChI is InChI=1S/C15H26N4O2/c1-4-5-13(16)15(20)19-8-6-18(7-9-19)10-14-17-11(2)12(3)21-14/h13H,4-10,16H2,1-3H3. The van der Waals surface area contributed by atoms with Gasteiger partial charge < -0.3 is 15.1 Å². The van der Waals surface area contributed by atoms with E-state index >= 15 is 0 Å². The average Bonchev–Trinajstić information content (AvgIpc) is 2.77. The van der Waals surface area contributed by atoms with Gasteiger partial charge in [0.25, 0.3) is 0 Å². The number of carbonyl (C=O) groups excluding carboxylic acids is 1. The lowest BCUT2D eigenvalue weighted by molar-refractivity contribution is -0.134. The van der Waals surface area contributed by atoms with Crippen molar-refractivity contribution in [3.63, 3.8) is 0 Å². The third-order valence-corrected chi connectivity index (χ3v) is 4.03. The van der Waals surface area contributed by atoms with Crippen LogP contribution in [0.2, 0.25) is 0 Å². The van der Waals surface area contributed by atoms with Gasteiger partial charge >= 0.3 is 0 Å². The van der Waals surface area contributed by atoms with Crippen LogP contribution in [0.1, 0.15) is 37.1 Å². The van der Waals surface area contributed by atoms with Crippen LogP contribution in [0, 0.1) is 13.8 Å². The van der Waals surface area contributed by atoms with Crippen molar-refractivity contribution in [1.82, 2.24) is 14.8 Å². The third kappa shape index (κ3) is 4.04. The lowest BCUT2D eigenvalue weighted by Crippen LogP contribution is -2.52. The highest BCUT2D eigenvalue weighted by Gasteiger charge is 2.25. The van der Waals surface area contributed by atoms with E-state index in [0.717, 1.165) is 56.4 Å². The summed E-state index contributed by atoms with van der Waals surface area (Å²) in [7, 11) is 0. The smallest absolute Gasteiger partial charge is 0.239 e. The number of hydrogen-bond acceptors (Lipinski definition) is 5. The van der Waals surface area contributed by atoms with Crippen LogP contribution in [0.3, 0.4) is 0 Å². The Bertz CT molecular complexity index is 459. The number of aryl methyl sites for hydroxylation is 2. The van der Waals surface area contributed by atoms with Gasteiger partial charge in [-0.3, -0.25) is 9.69 Å². The van der Waals surface area contributed by atoms with Crippen molar-refractivity contribution in [2.75, 3.05) is 26.2 Å². The lowest BCUT2D eigenvalue weighted by atomic mass is 10.1. The first-order valence-corrected chi connectivity index (χ1v) is 7.71. The summed E-state index contributed by atoms with van der Waals surface area (Å²) in [6.45, 7) is 9.77. The van der Waals surface area contributed by atoms with E-state index in [9.17, 15) is 4.79 Å². The van der Waals surface area contributed by atoms with E-state index in [1.807, 2.05) is 25.7 Å². The molecule has 0 spiro atoms. The number of piperazine rings is 1. The van der Waals surface area contributed by atoms with Gasteiger partial charge in [0.05, 0.1) is 18.3 Å². The molecular weight excluding hydrogens is 268 g/mol. The van der Waals surface area contributed by atoms with Gasteiger partial charge in [-0.15, -0.1) is 0 Å². The van der Waals surface area contributed by atoms with E-state index in [-0.39, 0.29) is 11.9 Å². The molecule has 0 saturated carbocycles. The number of amides is 1. The molecular formula is C15H26N4O2. The van der Waals surface area contributed by atoms with Crippen LogP contribution in [0.5, 0.6) is 0 Å². The van der Waals surface area contributed by atoms with Crippen LogP contribution < -0.4 is 5.73 Å². The van der Waals surface area contributed by atoms with E-state index in [1.165, 1.54) is 0 Å². The van der Waals surface area contributed by atoms with E-state index in [1.54, 1.807) is 0 Å². The SMILES string of the molecule is CCCC(N)C(=O)N1CCN(Cc2nc(C)c(C)o2)CC1. The molecule has 0 bridgehead atoms. The number of hydrogen-bond donors (Lipinski definition) is 1. The van der Waals surface area contributed by atoms with Gasteiger partial charge in [-0.25, -0.2) is 4.98 Å². The second-order valence-electron chi connectivity index (χ2n) is 5.75. The Morgan fingerprint density at radius 1 is 1.33 bits per heavy atom. The van der Waals surface area contributed by atoms with E-state index in [4.69, 9.17) is 10.2 Å². The summed E-state index contributed by atoms with van der Waals surface area (Å²) in [6, 6.07) is -0.349. The summed E-state index contributed by atoms with van der Waals surface area (Å²) in [4.78, 5) is 20.7. The first-order chi connectivity index (χ1) is 10.0. The van der Waals surface area contributed by atoms with Gasteiger partial charge in [0.1, 0.15) is 5.76 Å². The normalized spacial score (nSPS) is 18.0. The molecule has 6 heteroatoms. The Morgan fingerprint density at radius 3 is 2.52 bits per heavy atom. The van der Waals surface area contributed by atoms with Crippen molar-refractivity contribution in [2.45, 2.75) is 46.2 Å². The Hall–Kier alpha value is -1.40. The zero-order valence-corrected chi connectivity index (χ0v) is 13.3. The largest absolute Gasteiger partial charge is 0.444 e. The molecule has 0 aliphatic carbocycles. The number of carbonyl (C=O) groups is 1. The Morgan fingerprint density at radius 2 is 2.00 bits per heavy atom. The highest BCUT2D eigenvalue weighted by molar-refractivity contribution is 5.81. The van der Waals surface area contributed by atoms with Gasteiger partial charge in [0, 0.05) is 26.2 Å². The fourth-order valence-electron chi connectivity index (χ4n) is 2.59. The molecule has 1 atom stereocenters. The maximum Gasteiger partial charge on any atom is 0.239 e. The summed E-state index contributed by atoms with van der Waals surface area (Å²) in [6.07, 6.45) is 1.70. The molecule has 1 aromatic heterocycles. The molecule has 1 amide bonds. The molecule has 0 aromatic carbocycles. The first-order valence-electron chi connectivity index (χ1n) is 7.71. The van der Waals surface area contributed by atoms with Gasteiger partial charge in [-0.1, -0.05) is 13.3 Å². The summed E-state index contributed by atoms with van der Waals surface area (Å²) >= 11 is 0. The predicted octanol–water partition coefficient (Wildman–Crippen LogP) is 1.06. The molecule has 0 radical (unpaired) electrons. The number of nitrogens with two attached hydrogens (primary N) is 1. The minimum atomic E-state index is -0.349. The maximum absolute atomic E-state index is 12.2. The highest BCUT2D eigenvalue weighted by atomic mass is 16.4. The zero-order valence-electron chi connectivity index (χ0n) is 13.3. The molecule has 2 N–H and O–H groups in total. The van der Waals surface area contributed by atoms with Crippen LogP contribution >= 0.6 is 0 Å². The van der Waals surface area contributed by atoms with Crippen molar-refractivity contribution in [3.05, 3.63) is 17.3 Å². The van der Waals surface area contributed by atoms with Crippen molar-refractivity contribution in [2.24, 2.45) is 5.73 Å². The first kappa shape index (κ1) is 16.0. The quantitative estimate of drug-likeness (QED) is 0.879. The molecule has 1 aromatic rings. The van der Waals surface area contributed by atoms with Crippen molar-refractivity contribution >= 4 is 5.91 Å². The van der Waals surface area contributed by atoms with Crippen LogP contribution in [0.25, 0.3) is 0 Å². The molecule has 2 rings (SSSR count). The minimum Gasteiger partial charge on any atom is -0.444 e. The molecule has 1 saturated heterocycles. The fourth-order valence-corrected chi connectivity index (χ4v) is 2.59. The zero-order chi connectivity index (χ0) is 15.4. The average molecular weight is 294 g/mol. The van der Waals surface area contributed by atoms with Gasteiger partial charge in [0.2, 0.25) is 11.8 Å². The second-order valence-corrected chi connectivity index (χ2v) is 5.75. The Kier molecular flexibility index (Phi) is 5.36. The van der Waals surface area contributed by atoms with Crippen LogP contribution in [-0.4, -0.2) is 52.9 Å². The van der Waals surface area contributed by atoms with Crippen molar-refractivity contribution in [1.29, 1.82) is 0 Å². The summed E-state index contributed by atoms with van der Waals surface area (Å²) in [5, 5.41) is 0. The molecule has 1 unspecified atom stereocenters. The number of nitrogens with zero attached hydrogens (tertiary/aromatic N) is 3. The molecule has 1 aliphatic heterocycles. The summed E-state index contributed by atoms with van der Waals surface area (Å²) in [5.74, 6) is 1.72. The lowest BCUT2D eigenvalue weighted by Gasteiger charge is -2.35. The third-order valence-electron chi connectivity index (χ3n) is 4.03. The fraction of sp³-hybridized carbons (Fsp3) is 0.733. The molecule has 21 heavy (non-hydrogen) atoms. The second kappa shape index (κ2) is 7.04. The highest BCUT2D eigenvalue weighted by Crippen LogP contribution is 2.13. The minimum absolute atomic E-state index is 0.0827.